The van der Waals surface area contributed by atoms with Crippen LogP contribution in [0, 0.1) is 0 Å². The van der Waals surface area contributed by atoms with Gasteiger partial charge in [-0.3, -0.25) is 19.3 Å². The van der Waals surface area contributed by atoms with E-state index in [1.807, 2.05) is 0 Å². The van der Waals surface area contributed by atoms with Gasteiger partial charge in [0.2, 0.25) is 15.9 Å². The molecule has 1 aromatic heterocycles. The van der Waals surface area contributed by atoms with Crippen molar-refractivity contribution in [1.29, 1.82) is 0 Å². The molecular weight excluding hydrogens is 450 g/mol. The predicted octanol–water partition coefficient (Wildman–Crippen LogP) is 3.09. The zero-order valence-corrected chi connectivity index (χ0v) is 18.4. The van der Waals surface area contributed by atoms with E-state index in [-0.39, 0.29) is 29.2 Å². The molecule has 3 N–H and O–H groups in total. The molecule has 0 saturated heterocycles. The minimum absolute atomic E-state index is 0.0103. The van der Waals surface area contributed by atoms with Crippen LogP contribution in [0.4, 0.5) is 11.4 Å². The Morgan fingerprint density at radius 3 is 2.44 bits per heavy atom. The molecule has 8 nitrogen and oxygen atoms in total. The number of carbonyl (C=O) groups is 3. The van der Waals surface area contributed by atoms with E-state index in [0.29, 0.717) is 16.1 Å². The third kappa shape index (κ3) is 4.33. The van der Waals surface area contributed by atoms with Crippen molar-refractivity contribution in [3.05, 3.63) is 76.5 Å². The summed E-state index contributed by atoms with van der Waals surface area (Å²) in [5.41, 5.74) is 1.08. The normalized spacial score (nSPS) is 15.7. The van der Waals surface area contributed by atoms with E-state index in [0.717, 1.165) is 0 Å². The second kappa shape index (κ2) is 8.65. The van der Waals surface area contributed by atoms with Gasteiger partial charge in [0, 0.05) is 12.8 Å². The van der Waals surface area contributed by atoms with Gasteiger partial charge < -0.3 is 5.32 Å². The number of carbonyl (C=O) groups excluding carboxylic acids is 3. The quantitative estimate of drug-likeness (QED) is 0.537. The van der Waals surface area contributed by atoms with Gasteiger partial charge in [-0.2, -0.15) is 0 Å². The van der Waals surface area contributed by atoms with E-state index in [9.17, 15) is 22.8 Å². The molecule has 0 aliphatic carbocycles. The van der Waals surface area contributed by atoms with Gasteiger partial charge in [-0.25, -0.2) is 13.6 Å². The fourth-order valence-corrected chi connectivity index (χ4v) is 4.81. The van der Waals surface area contributed by atoms with Gasteiger partial charge in [0.15, 0.2) is 5.78 Å². The summed E-state index contributed by atoms with van der Waals surface area (Å²) in [6, 6.07) is 15.2. The summed E-state index contributed by atoms with van der Waals surface area (Å²) in [7, 11) is -4.00. The van der Waals surface area contributed by atoms with Gasteiger partial charge in [0.05, 0.1) is 21.1 Å². The first-order valence-electron chi connectivity index (χ1n) is 9.67. The number of nitrogens with one attached hydrogen (secondary N) is 1. The minimum atomic E-state index is -4.00. The summed E-state index contributed by atoms with van der Waals surface area (Å²) < 4.78 is 23.5. The highest BCUT2D eigenvalue weighted by Gasteiger charge is 2.38. The summed E-state index contributed by atoms with van der Waals surface area (Å²) in [4.78, 5) is 40.4. The largest absolute Gasteiger partial charge is 0.322 e. The Morgan fingerprint density at radius 1 is 1.03 bits per heavy atom. The van der Waals surface area contributed by atoms with Crippen molar-refractivity contribution >= 4 is 50.3 Å². The molecule has 32 heavy (non-hydrogen) atoms. The molecule has 10 heteroatoms. The fraction of sp³-hybridized carbons (Fsp3) is 0.136. The van der Waals surface area contributed by atoms with E-state index in [4.69, 9.17) is 5.14 Å². The number of thiophene rings is 1. The maximum atomic E-state index is 13.3. The number of anilines is 2. The zero-order valence-electron chi connectivity index (χ0n) is 16.7. The molecule has 0 radical (unpaired) electrons. The maximum absolute atomic E-state index is 13.3. The van der Waals surface area contributed by atoms with Crippen LogP contribution in [0.1, 0.15) is 34.1 Å². The molecule has 164 valence electrons. The standard InChI is InChI=1S/C22H19N3O5S2/c23-32(29,30)15-8-9-17-16(13-15)24-22(28)21(14-5-2-1-3-6-14)25(17)20(27)11-10-18(26)19-7-4-12-31-19/h1-9,12-13,21H,10-11H2,(H,24,28)(H2,23,29,30). The summed E-state index contributed by atoms with van der Waals surface area (Å²) >= 11 is 1.30. The molecular formula is C22H19N3O5S2. The van der Waals surface area contributed by atoms with Crippen molar-refractivity contribution < 1.29 is 22.8 Å². The number of nitrogens with zero attached hydrogens (tertiary/aromatic N) is 1. The summed E-state index contributed by atoms with van der Waals surface area (Å²) in [6.07, 6.45) is -0.118. The third-order valence-corrected chi connectivity index (χ3v) is 6.89. The van der Waals surface area contributed by atoms with E-state index in [2.05, 4.69) is 5.32 Å². The van der Waals surface area contributed by atoms with Crippen LogP contribution in [-0.2, 0) is 19.6 Å². The maximum Gasteiger partial charge on any atom is 0.252 e. The average molecular weight is 470 g/mol. The molecule has 2 aromatic carbocycles. The lowest BCUT2D eigenvalue weighted by Crippen LogP contribution is -2.45. The first-order valence-corrected chi connectivity index (χ1v) is 12.1. The number of nitrogens with two attached hydrogens (primary N) is 1. The third-order valence-electron chi connectivity index (χ3n) is 5.07. The number of amides is 2. The van der Waals surface area contributed by atoms with Crippen LogP contribution in [0.5, 0.6) is 0 Å². The van der Waals surface area contributed by atoms with Crippen molar-refractivity contribution in [3.63, 3.8) is 0 Å². The van der Waals surface area contributed by atoms with Gasteiger partial charge in [0.1, 0.15) is 6.04 Å². The van der Waals surface area contributed by atoms with Gasteiger partial charge in [0.25, 0.3) is 5.91 Å². The van der Waals surface area contributed by atoms with Crippen LogP contribution in [0.2, 0.25) is 0 Å². The average Bonchev–Trinajstić information content (AvgIpc) is 3.31. The molecule has 0 bridgehead atoms. The summed E-state index contributed by atoms with van der Waals surface area (Å²) in [5.74, 6) is -1.08. The molecule has 1 aliphatic heterocycles. The Morgan fingerprint density at radius 2 is 1.78 bits per heavy atom. The number of primary sulfonamides is 1. The highest BCUT2D eigenvalue weighted by Crippen LogP contribution is 2.40. The predicted molar refractivity (Wildman–Crippen MR) is 121 cm³/mol. The monoisotopic (exact) mass is 469 g/mol. The molecule has 2 amide bonds. The number of sulfonamides is 1. The lowest BCUT2D eigenvalue weighted by atomic mass is 9.99. The molecule has 2 heterocycles. The van der Waals surface area contributed by atoms with Gasteiger partial charge in [-0.15, -0.1) is 11.3 Å². The smallest absolute Gasteiger partial charge is 0.252 e. The van der Waals surface area contributed by atoms with Crippen molar-refractivity contribution in [1.82, 2.24) is 0 Å². The molecule has 0 spiro atoms. The minimum Gasteiger partial charge on any atom is -0.322 e. The van der Waals surface area contributed by atoms with Crippen LogP contribution >= 0.6 is 11.3 Å². The topological polar surface area (TPSA) is 127 Å². The SMILES string of the molecule is NS(=O)(=O)c1ccc2c(c1)NC(=O)C(c1ccccc1)N2C(=O)CCC(=O)c1cccs1. The molecule has 1 aliphatic rings. The lowest BCUT2D eigenvalue weighted by Gasteiger charge is -2.37. The van der Waals surface area contributed by atoms with E-state index in [1.54, 1.807) is 47.8 Å². The van der Waals surface area contributed by atoms with Crippen LogP contribution in [0.15, 0.2) is 70.9 Å². The van der Waals surface area contributed by atoms with Crippen molar-refractivity contribution in [2.45, 2.75) is 23.8 Å². The van der Waals surface area contributed by atoms with Crippen molar-refractivity contribution in [2.75, 3.05) is 10.2 Å². The van der Waals surface area contributed by atoms with Crippen LogP contribution < -0.4 is 15.4 Å². The Bertz CT molecular complexity index is 1290. The zero-order chi connectivity index (χ0) is 22.9. The molecule has 3 aromatic rings. The van der Waals surface area contributed by atoms with E-state index < -0.39 is 27.9 Å². The molecule has 1 atom stereocenters. The van der Waals surface area contributed by atoms with E-state index >= 15 is 0 Å². The number of ketones is 1. The molecule has 0 fully saturated rings. The highest BCUT2D eigenvalue weighted by atomic mass is 32.2. The Hall–Kier alpha value is -3.34. The number of hydrogen-bond donors (Lipinski definition) is 2. The van der Waals surface area contributed by atoms with Gasteiger partial charge >= 0.3 is 0 Å². The molecule has 1 unspecified atom stereocenters. The Balaban J connectivity index is 1.71. The number of hydrogen-bond acceptors (Lipinski definition) is 6. The lowest BCUT2D eigenvalue weighted by molar-refractivity contribution is -0.124. The highest BCUT2D eigenvalue weighted by molar-refractivity contribution is 7.89. The Kier molecular flexibility index (Phi) is 5.92. The van der Waals surface area contributed by atoms with Crippen molar-refractivity contribution in [2.24, 2.45) is 5.14 Å². The number of rotatable bonds is 6. The Labute approximate surface area is 188 Å². The van der Waals surface area contributed by atoms with Gasteiger partial charge in [-0.1, -0.05) is 36.4 Å². The van der Waals surface area contributed by atoms with Crippen molar-refractivity contribution in [3.8, 4) is 0 Å². The van der Waals surface area contributed by atoms with Crippen LogP contribution in [0.25, 0.3) is 0 Å². The fourth-order valence-electron chi connectivity index (χ4n) is 3.58. The first-order chi connectivity index (χ1) is 15.3. The van der Waals surface area contributed by atoms with Gasteiger partial charge in [-0.05, 0) is 35.2 Å². The molecule has 4 rings (SSSR count). The van der Waals surface area contributed by atoms with Crippen LogP contribution in [0.3, 0.4) is 0 Å². The van der Waals surface area contributed by atoms with Crippen LogP contribution in [-0.4, -0.2) is 26.0 Å². The molecule has 0 saturated carbocycles. The second-order valence-corrected chi connectivity index (χ2v) is 9.70. The summed E-state index contributed by atoms with van der Waals surface area (Å²) in [6.45, 7) is 0. The summed E-state index contributed by atoms with van der Waals surface area (Å²) in [5, 5.41) is 9.67. The van der Waals surface area contributed by atoms with E-state index in [1.165, 1.54) is 34.4 Å². The first kappa shape index (κ1) is 21.9. The second-order valence-electron chi connectivity index (χ2n) is 7.19. The number of fused-ring (bicyclic) bond motifs is 1. The number of benzene rings is 2. The number of Topliss-reactive ketones (excluding diaryl/α,β-unsaturated/α-hetero) is 1.